The molecule has 1 saturated carbocycles. The normalized spacial score (nSPS) is 18.6. The minimum atomic E-state index is -3.03. The van der Waals surface area contributed by atoms with Crippen LogP contribution in [0.3, 0.4) is 0 Å². The third-order valence-corrected chi connectivity index (χ3v) is 7.41. The SMILES string of the molecule is CCn1nc(C(=O)NC[C@H]2CC[C@H](C[SH](=O)=O)CC2)c(Cl)c1-c1ccc(Br)cc1OC(F)F. The molecular weight excluding hydrogens is 544 g/mol. The van der Waals surface area contributed by atoms with E-state index in [0.717, 1.165) is 25.7 Å². The molecule has 0 atom stereocenters. The fourth-order valence-corrected chi connectivity index (χ4v) is 5.56. The minimum absolute atomic E-state index is 0.0106. The van der Waals surface area contributed by atoms with Crippen molar-refractivity contribution in [1.82, 2.24) is 15.1 Å². The molecule has 0 saturated heterocycles. The topological polar surface area (TPSA) is 90.3 Å². The van der Waals surface area contributed by atoms with E-state index in [0.29, 0.717) is 28.8 Å². The number of benzene rings is 1. The lowest BCUT2D eigenvalue weighted by Gasteiger charge is -2.27. The van der Waals surface area contributed by atoms with Crippen LogP contribution >= 0.6 is 27.5 Å². The summed E-state index contributed by atoms with van der Waals surface area (Å²) in [5.74, 6) is 0.116. The number of ether oxygens (including phenoxy) is 1. The van der Waals surface area contributed by atoms with Crippen LogP contribution in [0.4, 0.5) is 8.78 Å². The average molecular weight is 569 g/mol. The van der Waals surface area contributed by atoms with Gasteiger partial charge in [0.15, 0.2) is 5.69 Å². The van der Waals surface area contributed by atoms with Crippen LogP contribution in [-0.4, -0.2) is 43.0 Å². The molecule has 0 radical (unpaired) electrons. The Bertz CT molecular complexity index is 1060. The van der Waals surface area contributed by atoms with Gasteiger partial charge in [-0.3, -0.25) is 9.48 Å². The van der Waals surface area contributed by atoms with Crippen molar-refractivity contribution in [1.29, 1.82) is 0 Å². The lowest BCUT2D eigenvalue weighted by molar-refractivity contribution is -0.0495. The highest BCUT2D eigenvalue weighted by Gasteiger charge is 2.27. The number of rotatable bonds is 9. The number of carbonyl (C=O) groups excluding carboxylic acids is 1. The molecule has 0 bridgehead atoms. The predicted molar refractivity (Wildman–Crippen MR) is 126 cm³/mol. The monoisotopic (exact) mass is 567 g/mol. The molecule has 1 amide bonds. The predicted octanol–water partition coefficient (Wildman–Crippen LogP) is 4.73. The van der Waals surface area contributed by atoms with Gasteiger partial charge < -0.3 is 10.1 Å². The zero-order valence-electron chi connectivity index (χ0n) is 17.9. The summed E-state index contributed by atoms with van der Waals surface area (Å²) in [6.07, 6.45) is 3.30. The minimum Gasteiger partial charge on any atom is -0.434 e. The second kappa shape index (κ2) is 11.6. The van der Waals surface area contributed by atoms with Gasteiger partial charge in [0, 0.05) is 23.1 Å². The summed E-state index contributed by atoms with van der Waals surface area (Å²) in [7, 11) is -2.37. The zero-order valence-corrected chi connectivity index (χ0v) is 21.1. The Morgan fingerprint density at radius 2 is 1.97 bits per heavy atom. The first-order valence-corrected chi connectivity index (χ1v) is 13.1. The van der Waals surface area contributed by atoms with Gasteiger partial charge in [-0.05, 0) is 62.6 Å². The molecule has 182 valence electrons. The molecule has 0 aliphatic heterocycles. The van der Waals surface area contributed by atoms with Gasteiger partial charge in [-0.2, -0.15) is 13.9 Å². The highest BCUT2D eigenvalue weighted by atomic mass is 79.9. The third-order valence-electron chi connectivity index (χ3n) is 5.75. The molecule has 1 fully saturated rings. The Balaban J connectivity index is 1.75. The molecule has 1 aromatic carbocycles. The maximum absolute atomic E-state index is 12.9. The molecule has 33 heavy (non-hydrogen) atoms. The number of aryl methyl sites for hydroxylation is 1. The van der Waals surface area contributed by atoms with Crippen molar-refractivity contribution in [3.8, 4) is 17.0 Å². The van der Waals surface area contributed by atoms with E-state index < -0.39 is 23.2 Å². The van der Waals surface area contributed by atoms with E-state index in [2.05, 4.69) is 31.1 Å². The Kier molecular flexibility index (Phi) is 9.11. The lowest BCUT2D eigenvalue weighted by atomic mass is 9.83. The summed E-state index contributed by atoms with van der Waals surface area (Å²) in [5, 5.41) is 7.22. The van der Waals surface area contributed by atoms with Crippen LogP contribution in [0.25, 0.3) is 11.3 Å². The Morgan fingerprint density at radius 3 is 2.58 bits per heavy atom. The molecule has 0 unspecified atom stereocenters. The Hall–Kier alpha value is -1.72. The number of carbonyl (C=O) groups is 1. The molecule has 3 rings (SSSR count). The quantitative estimate of drug-likeness (QED) is 0.427. The van der Waals surface area contributed by atoms with E-state index in [-0.39, 0.29) is 34.1 Å². The van der Waals surface area contributed by atoms with E-state index in [1.165, 1.54) is 10.7 Å². The summed E-state index contributed by atoms with van der Waals surface area (Å²) >= 11 is 9.76. The van der Waals surface area contributed by atoms with Gasteiger partial charge in [-0.25, -0.2) is 8.42 Å². The summed E-state index contributed by atoms with van der Waals surface area (Å²) in [5.41, 5.74) is 0.628. The fourth-order valence-electron chi connectivity index (χ4n) is 4.11. The molecule has 12 heteroatoms. The molecule has 7 nitrogen and oxygen atoms in total. The number of amides is 1. The summed E-state index contributed by atoms with van der Waals surface area (Å²) < 4.78 is 54.4. The van der Waals surface area contributed by atoms with Gasteiger partial charge >= 0.3 is 6.61 Å². The molecule has 1 heterocycles. The number of halogens is 4. The highest BCUT2D eigenvalue weighted by Crippen LogP contribution is 2.39. The van der Waals surface area contributed by atoms with Crippen LogP contribution in [0, 0.1) is 11.8 Å². The molecule has 1 aliphatic rings. The van der Waals surface area contributed by atoms with Crippen molar-refractivity contribution in [3.63, 3.8) is 0 Å². The average Bonchev–Trinajstić information content (AvgIpc) is 3.08. The number of hydrogen-bond donors (Lipinski definition) is 2. The maximum atomic E-state index is 12.9. The number of nitrogens with one attached hydrogen (secondary N) is 1. The van der Waals surface area contributed by atoms with Crippen LogP contribution in [-0.2, 0) is 17.2 Å². The largest absolute Gasteiger partial charge is 0.434 e. The summed E-state index contributed by atoms with van der Waals surface area (Å²) in [4.78, 5) is 12.8. The molecule has 1 aliphatic carbocycles. The summed E-state index contributed by atoms with van der Waals surface area (Å²) in [6, 6.07) is 4.65. The van der Waals surface area contributed by atoms with Crippen molar-refractivity contribution >= 4 is 44.1 Å². The van der Waals surface area contributed by atoms with Crippen LogP contribution in [0.1, 0.15) is 43.1 Å². The first-order valence-electron chi connectivity index (χ1n) is 10.6. The van der Waals surface area contributed by atoms with E-state index in [1.54, 1.807) is 19.1 Å². The Morgan fingerprint density at radius 1 is 1.30 bits per heavy atom. The van der Waals surface area contributed by atoms with Crippen molar-refractivity contribution in [3.05, 3.63) is 33.4 Å². The van der Waals surface area contributed by atoms with Gasteiger partial charge in [0.2, 0.25) is 0 Å². The van der Waals surface area contributed by atoms with Gasteiger partial charge in [0.25, 0.3) is 5.91 Å². The van der Waals surface area contributed by atoms with Crippen LogP contribution in [0.5, 0.6) is 5.75 Å². The van der Waals surface area contributed by atoms with E-state index in [9.17, 15) is 22.0 Å². The fraction of sp³-hybridized carbons (Fsp3) is 0.524. The number of thiol groups is 1. The third kappa shape index (κ3) is 6.66. The number of hydrogen-bond acceptors (Lipinski definition) is 5. The smallest absolute Gasteiger partial charge is 0.387 e. The van der Waals surface area contributed by atoms with E-state index in [1.807, 2.05) is 0 Å². The van der Waals surface area contributed by atoms with Crippen LogP contribution in [0.2, 0.25) is 5.02 Å². The number of aromatic nitrogens is 2. The summed E-state index contributed by atoms with van der Waals surface area (Å²) in [6.45, 7) is -0.437. The van der Waals surface area contributed by atoms with Gasteiger partial charge in [-0.1, -0.05) is 27.5 Å². The Labute approximate surface area is 205 Å². The first-order chi connectivity index (χ1) is 15.7. The van der Waals surface area contributed by atoms with Gasteiger partial charge in [0.05, 0.1) is 16.5 Å². The van der Waals surface area contributed by atoms with Crippen molar-refractivity contribution in [2.24, 2.45) is 11.8 Å². The second-order valence-corrected chi connectivity index (χ2v) is 10.3. The van der Waals surface area contributed by atoms with Gasteiger partial charge in [0.1, 0.15) is 16.5 Å². The van der Waals surface area contributed by atoms with Crippen LogP contribution < -0.4 is 10.1 Å². The number of alkyl halides is 2. The standard InChI is InChI=1S/C21H25BrClF2N3O4S/c1-2-28-19(15-8-7-14(22)9-16(15)32-21(24)25)17(23)18(27-28)20(29)26-10-12-3-5-13(6-4-12)11-33(30)31/h7-9,12-13,21,33H,2-6,10-11H2,1H3,(H,26,29)/t12-,13-. The lowest BCUT2D eigenvalue weighted by Crippen LogP contribution is -2.32. The highest BCUT2D eigenvalue weighted by molar-refractivity contribution is 9.10. The first kappa shape index (κ1) is 25.9. The molecule has 1 aromatic heterocycles. The second-order valence-electron chi connectivity index (χ2n) is 7.96. The van der Waals surface area contributed by atoms with Crippen molar-refractivity contribution in [2.45, 2.75) is 45.8 Å². The van der Waals surface area contributed by atoms with Crippen LogP contribution in [0.15, 0.2) is 22.7 Å². The van der Waals surface area contributed by atoms with Crippen molar-refractivity contribution < 1.29 is 26.7 Å². The molecule has 1 N–H and O–H groups in total. The van der Waals surface area contributed by atoms with E-state index in [4.69, 9.17) is 11.6 Å². The molecule has 2 aromatic rings. The van der Waals surface area contributed by atoms with Gasteiger partial charge in [-0.15, -0.1) is 0 Å². The zero-order chi connectivity index (χ0) is 24.1. The number of nitrogens with zero attached hydrogens (tertiary/aromatic N) is 2. The van der Waals surface area contributed by atoms with E-state index >= 15 is 0 Å². The molecule has 0 spiro atoms. The van der Waals surface area contributed by atoms with Crippen molar-refractivity contribution in [2.75, 3.05) is 12.3 Å². The molecular formula is C21H25BrClF2N3O4S. The maximum Gasteiger partial charge on any atom is 0.387 e.